The predicted molar refractivity (Wildman–Crippen MR) is 82.7 cm³/mol. The van der Waals surface area contributed by atoms with Crippen molar-refractivity contribution in [3.8, 4) is 0 Å². The van der Waals surface area contributed by atoms with Crippen molar-refractivity contribution < 1.29 is 0 Å². The van der Waals surface area contributed by atoms with Gasteiger partial charge in [-0.15, -0.1) is 12.4 Å². The van der Waals surface area contributed by atoms with Gasteiger partial charge in [0.25, 0.3) is 0 Å². The molecular weight excluding hydrogens is 258 g/mol. The van der Waals surface area contributed by atoms with Crippen LogP contribution in [0.2, 0.25) is 0 Å². The van der Waals surface area contributed by atoms with Crippen molar-refractivity contribution in [2.24, 2.45) is 0 Å². The van der Waals surface area contributed by atoms with Crippen molar-refractivity contribution in [2.75, 3.05) is 5.73 Å². The van der Waals surface area contributed by atoms with E-state index < -0.39 is 0 Å². The van der Waals surface area contributed by atoms with Gasteiger partial charge in [0.05, 0.1) is 6.20 Å². The summed E-state index contributed by atoms with van der Waals surface area (Å²) in [6.07, 6.45) is 6.43. The molecule has 1 heterocycles. The van der Waals surface area contributed by atoms with Crippen molar-refractivity contribution in [1.82, 2.24) is 9.55 Å². The van der Waals surface area contributed by atoms with Crippen LogP contribution in [0.25, 0.3) is 0 Å². The van der Waals surface area contributed by atoms with Crippen LogP contribution < -0.4 is 5.73 Å². The Kier molecular flexibility index (Phi) is 6.43. The number of imidazole rings is 1. The summed E-state index contributed by atoms with van der Waals surface area (Å²) in [7, 11) is 0. The summed E-state index contributed by atoms with van der Waals surface area (Å²) in [6.45, 7) is 3.18. The second-order valence-electron chi connectivity index (χ2n) is 4.63. The summed E-state index contributed by atoms with van der Waals surface area (Å²) in [5, 5.41) is 0. The monoisotopic (exact) mass is 279 g/mol. The summed E-state index contributed by atoms with van der Waals surface area (Å²) in [6, 6.07) is 10.4. The SMILES string of the molecule is CCCCCn1c(Cc2ccccc2)cnc1N.Cl. The van der Waals surface area contributed by atoms with Crippen molar-refractivity contribution in [3.05, 3.63) is 47.8 Å². The molecule has 1 aromatic carbocycles. The lowest BCUT2D eigenvalue weighted by atomic mass is 10.1. The summed E-state index contributed by atoms with van der Waals surface area (Å²) in [4.78, 5) is 4.23. The molecule has 0 saturated heterocycles. The average molecular weight is 280 g/mol. The molecule has 0 spiro atoms. The number of benzene rings is 1. The van der Waals surface area contributed by atoms with E-state index in [-0.39, 0.29) is 12.4 Å². The Labute approximate surface area is 121 Å². The van der Waals surface area contributed by atoms with E-state index in [0.29, 0.717) is 5.95 Å². The third-order valence-corrected chi connectivity index (χ3v) is 3.18. The van der Waals surface area contributed by atoms with Crippen LogP contribution in [0.3, 0.4) is 0 Å². The number of nitrogens with two attached hydrogens (primary N) is 1. The van der Waals surface area contributed by atoms with Crippen LogP contribution in [0.15, 0.2) is 36.5 Å². The Morgan fingerprint density at radius 2 is 1.89 bits per heavy atom. The van der Waals surface area contributed by atoms with Gasteiger partial charge in [-0.2, -0.15) is 0 Å². The quantitative estimate of drug-likeness (QED) is 0.820. The summed E-state index contributed by atoms with van der Waals surface area (Å²) < 4.78 is 2.14. The van der Waals surface area contributed by atoms with Gasteiger partial charge in [0.2, 0.25) is 0 Å². The van der Waals surface area contributed by atoms with Gasteiger partial charge in [-0.3, -0.25) is 0 Å². The zero-order valence-corrected chi connectivity index (χ0v) is 12.2. The maximum Gasteiger partial charge on any atom is 0.200 e. The van der Waals surface area contributed by atoms with Gasteiger partial charge in [0.15, 0.2) is 5.95 Å². The maximum absolute atomic E-state index is 5.93. The molecule has 0 amide bonds. The van der Waals surface area contributed by atoms with Gasteiger partial charge < -0.3 is 10.3 Å². The molecule has 0 unspecified atom stereocenters. The Hall–Kier alpha value is -1.48. The number of hydrogen-bond acceptors (Lipinski definition) is 2. The first kappa shape index (κ1) is 15.6. The minimum absolute atomic E-state index is 0. The Morgan fingerprint density at radius 1 is 1.16 bits per heavy atom. The average Bonchev–Trinajstić information content (AvgIpc) is 2.73. The maximum atomic E-state index is 5.93. The number of nitrogens with zero attached hydrogens (tertiary/aromatic N) is 2. The van der Waals surface area contributed by atoms with E-state index in [0.717, 1.165) is 13.0 Å². The molecule has 0 fully saturated rings. The fourth-order valence-electron chi connectivity index (χ4n) is 2.15. The molecule has 2 aromatic rings. The van der Waals surface area contributed by atoms with Crippen LogP contribution >= 0.6 is 12.4 Å². The molecular formula is C15H22ClN3. The van der Waals surface area contributed by atoms with Gasteiger partial charge in [-0.1, -0.05) is 50.1 Å². The number of rotatable bonds is 6. The van der Waals surface area contributed by atoms with Crippen LogP contribution in [0.1, 0.15) is 37.4 Å². The molecule has 4 heteroatoms. The topological polar surface area (TPSA) is 43.8 Å². The fourth-order valence-corrected chi connectivity index (χ4v) is 2.15. The minimum Gasteiger partial charge on any atom is -0.369 e. The van der Waals surface area contributed by atoms with E-state index in [4.69, 9.17) is 5.73 Å². The molecule has 2 N–H and O–H groups in total. The Morgan fingerprint density at radius 3 is 2.58 bits per heavy atom. The number of anilines is 1. The van der Waals surface area contributed by atoms with Crippen LogP contribution in [-0.2, 0) is 13.0 Å². The Balaban J connectivity index is 0.00000180. The second-order valence-corrected chi connectivity index (χ2v) is 4.63. The molecule has 1 aromatic heterocycles. The fraction of sp³-hybridized carbons (Fsp3) is 0.400. The third kappa shape index (κ3) is 4.28. The van der Waals surface area contributed by atoms with E-state index in [1.807, 2.05) is 12.3 Å². The first-order valence-electron chi connectivity index (χ1n) is 6.65. The highest BCUT2D eigenvalue weighted by atomic mass is 35.5. The van der Waals surface area contributed by atoms with Gasteiger partial charge >= 0.3 is 0 Å². The zero-order valence-electron chi connectivity index (χ0n) is 11.4. The molecule has 0 aliphatic carbocycles. The van der Waals surface area contributed by atoms with Crippen LogP contribution in [0.4, 0.5) is 5.95 Å². The van der Waals surface area contributed by atoms with Crippen LogP contribution in [-0.4, -0.2) is 9.55 Å². The van der Waals surface area contributed by atoms with Crippen molar-refractivity contribution in [1.29, 1.82) is 0 Å². The third-order valence-electron chi connectivity index (χ3n) is 3.18. The van der Waals surface area contributed by atoms with Gasteiger partial charge in [-0.25, -0.2) is 4.98 Å². The first-order valence-corrected chi connectivity index (χ1v) is 6.65. The molecule has 0 saturated carbocycles. The highest BCUT2D eigenvalue weighted by molar-refractivity contribution is 5.85. The Bertz CT molecular complexity index is 479. The number of aromatic nitrogens is 2. The molecule has 0 aliphatic heterocycles. The van der Waals surface area contributed by atoms with E-state index in [9.17, 15) is 0 Å². The second kappa shape index (κ2) is 7.85. The molecule has 0 aliphatic rings. The largest absolute Gasteiger partial charge is 0.369 e. The molecule has 0 atom stereocenters. The minimum atomic E-state index is 0. The van der Waals surface area contributed by atoms with Crippen LogP contribution in [0.5, 0.6) is 0 Å². The molecule has 19 heavy (non-hydrogen) atoms. The predicted octanol–water partition coefficient (Wildman–Crippen LogP) is 3.67. The van der Waals surface area contributed by atoms with E-state index >= 15 is 0 Å². The van der Waals surface area contributed by atoms with E-state index in [2.05, 4.69) is 40.7 Å². The summed E-state index contributed by atoms with van der Waals surface area (Å²) in [5.41, 5.74) is 8.43. The zero-order chi connectivity index (χ0) is 12.8. The highest BCUT2D eigenvalue weighted by Gasteiger charge is 2.07. The van der Waals surface area contributed by atoms with Gasteiger partial charge in [0.1, 0.15) is 0 Å². The lowest BCUT2D eigenvalue weighted by molar-refractivity contribution is 0.594. The van der Waals surface area contributed by atoms with Crippen molar-refractivity contribution in [3.63, 3.8) is 0 Å². The lowest BCUT2D eigenvalue weighted by Crippen LogP contribution is -2.07. The van der Waals surface area contributed by atoms with Gasteiger partial charge in [-0.05, 0) is 12.0 Å². The highest BCUT2D eigenvalue weighted by Crippen LogP contribution is 2.14. The normalized spacial score (nSPS) is 10.2. The standard InChI is InChI=1S/C15H21N3.ClH/c1-2-3-7-10-18-14(12-17-15(18)16)11-13-8-5-4-6-9-13;/h4-6,8-9,12H,2-3,7,10-11H2,1H3,(H2,16,17);1H. The summed E-state index contributed by atoms with van der Waals surface area (Å²) in [5.74, 6) is 0.636. The molecule has 0 radical (unpaired) electrons. The number of unbranched alkanes of at least 4 members (excludes halogenated alkanes) is 2. The van der Waals surface area contributed by atoms with Gasteiger partial charge in [0, 0.05) is 18.7 Å². The lowest BCUT2D eigenvalue weighted by Gasteiger charge is -2.09. The molecule has 0 bridgehead atoms. The van der Waals surface area contributed by atoms with Crippen LogP contribution in [0, 0.1) is 0 Å². The van der Waals surface area contributed by atoms with E-state index in [1.54, 1.807) is 0 Å². The van der Waals surface area contributed by atoms with E-state index in [1.165, 1.54) is 30.5 Å². The smallest absolute Gasteiger partial charge is 0.200 e. The summed E-state index contributed by atoms with van der Waals surface area (Å²) >= 11 is 0. The first-order chi connectivity index (χ1) is 8.81. The molecule has 104 valence electrons. The van der Waals surface area contributed by atoms with Crippen molar-refractivity contribution in [2.45, 2.75) is 39.2 Å². The number of halogens is 1. The molecule has 2 rings (SSSR count). The number of hydrogen-bond donors (Lipinski definition) is 1. The number of nitrogen functional groups attached to an aromatic ring is 1. The molecule has 3 nitrogen and oxygen atoms in total. The van der Waals surface area contributed by atoms with Crippen molar-refractivity contribution >= 4 is 18.4 Å².